The van der Waals surface area contributed by atoms with Crippen LogP contribution in [0.4, 0.5) is 0 Å². The van der Waals surface area contributed by atoms with Crippen molar-refractivity contribution >= 4 is 15.9 Å². The number of nitrogens with one attached hydrogen (secondary N) is 3. The number of aromatic amines is 1. The summed E-state index contributed by atoms with van der Waals surface area (Å²) in [6.45, 7) is 1.73. The highest BCUT2D eigenvalue weighted by molar-refractivity contribution is 7.89. The van der Waals surface area contributed by atoms with Gasteiger partial charge in [-0.1, -0.05) is 0 Å². The van der Waals surface area contributed by atoms with Crippen LogP contribution in [0.5, 0.6) is 0 Å². The summed E-state index contributed by atoms with van der Waals surface area (Å²) in [5.41, 5.74) is -0.632. The third-order valence-corrected chi connectivity index (χ3v) is 3.30. The van der Waals surface area contributed by atoms with Gasteiger partial charge in [-0.3, -0.25) is 9.59 Å². The van der Waals surface area contributed by atoms with Gasteiger partial charge in [0.2, 0.25) is 21.4 Å². The Morgan fingerprint density at radius 3 is 2.76 bits per heavy atom. The van der Waals surface area contributed by atoms with Crippen LogP contribution >= 0.6 is 0 Å². The summed E-state index contributed by atoms with van der Waals surface area (Å²) in [6, 6.07) is 1.10. The van der Waals surface area contributed by atoms with Crippen molar-refractivity contribution in [1.29, 1.82) is 0 Å². The second kappa shape index (κ2) is 5.60. The van der Waals surface area contributed by atoms with Gasteiger partial charge in [-0.05, 0) is 6.92 Å². The third-order valence-electron chi connectivity index (χ3n) is 1.87. The number of likely N-dealkylation sites (N-methyl/N-ethyl adjacent to an activating group) is 1. The van der Waals surface area contributed by atoms with E-state index in [1.807, 2.05) is 4.72 Å². The number of carbonyl (C=O) groups excluding carboxylic acids is 1. The second-order valence-corrected chi connectivity index (χ2v) is 4.89. The molecule has 8 heteroatoms. The summed E-state index contributed by atoms with van der Waals surface area (Å²) in [4.78, 5) is 24.5. The average molecular weight is 259 g/mol. The lowest BCUT2D eigenvalue weighted by atomic mass is 10.5. The summed E-state index contributed by atoms with van der Waals surface area (Å²) in [5.74, 6) is -0.455. The van der Waals surface area contributed by atoms with Crippen molar-refractivity contribution in [2.24, 2.45) is 0 Å². The van der Waals surface area contributed by atoms with E-state index in [9.17, 15) is 18.0 Å². The highest BCUT2D eigenvalue weighted by atomic mass is 32.2. The highest BCUT2D eigenvalue weighted by Gasteiger charge is 2.18. The van der Waals surface area contributed by atoms with Crippen molar-refractivity contribution in [2.75, 3.05) is 13.1 Å². The zero-order chi connectivity index (χ0) is 12.9. The third kappa shape index (κ3) is 3.68. The molecule has 1 aromatic heterocycles. The van der Waals surface area contributed by atoms with Crippen LogP contribution in [0.15, 0.2) is 28.2 Å². The molecule has 17 heavy (non-hydrogen) atoms. The van der Waals surface area contributed by atoms with Crippen LogP contribution in [0.2, 0.25) is 0 Å². The van der Waals surface area contributed by atoms with E-state index in [2.05, 4.69) is 10.3 Å². The van der Waals surface area contributed by atoms with E-state index >= 15 is 0 Å². The van der Waals surface area contributed by atoms with E-state index in [0.717, 1.165) is 12.3 Å². The van der Waals surface area contributed by atoms with E-state index in [0.29, 0.717) is 6.54 Å². The van der Waals surface area contributed by atoms with Crippen molar-refractivity contribution in [3.05, 3.63) is 28.7 Å². The number of H-pyrrole nitrogens is 1. The van der Waals surface area contributed by atoms with E-state index in [1.54, 1.807) is 6.92 Å². The van der Waals surface area contributed by atoms with Crippen molar-refractivity contribution in [3.8, 4) is 0 Å². The zero-order valence-corrected chi connectivity index (χ0v) is 10.0. The molecule has 0 bridgehead atoms. The molecule has 0 saturated heterocycles. The van der Waals surface area contributed by atoms with Gasteiger partial charge >= 0.3 is 0 Å². The lowest BCUT2D eigenvalue weighted by molar-refractivity contribution is -0.119. The Morgan fingerprint density at radius 2 is 2.18 bits per heavy atom. The Kier molecular flexibility index (Phi) is 4.41. The number of hydrogen-bond donors (Lipinski definition) is 3. The lowest BCUT2D eigenvalue weighted by Gasteiger charge is -2.05. The minimum Gasteiger partial charge on any atom is -0.366 e. The number of carbonyl (C=O) groups is 1. The monoisotopic (exact) mass is 259 g/mol. The molecular weight excluding hydrogens is 246 g/mol. The standard InChI is InChI=1S/C9H13N3O4S/c1-2-11-9(14)6-12-17(15,16)8-5-10-4-3-7(8)13/h3-5,12H,2,6H2,1H3,(H,10,13)(H,11,14). The zero-order valence-electron chi connectivity index (χ0n) is 9.19. The Labute approximate surface area is 98.3 Å². The van der Waals surface area contributed by atoms with Crippen molar-refractivity contribution in [2.45, 2.75) is 11.8 Å². The predicted molar refractivity (Wildman–Crippen MR) is 60.9 cm³/mol. The van der Waals surface area contributed by atoms with E-state index in [4.69, 9.17) is 0 Å². The average Bonchev–Trinajstić information content (AvgIpc) is 2.27. The van der Waals surface area contributed by atoms with Gasteiger partial charge in [0, 0.05) is 25.0 Å². The van der Waals surface area contributed by atoms with Crippen molar-refractivity contribution in [1.82, 2.24) is 15.0 Å². The smallest absolute Gasteiger partial charge is 0.246 e. The number of hydrogen-bond acceptors (Lipinski definition) is 4. The van der Waals surface area contributed by atoms with Crippen LogP contribution < -0.4 is 15.5 Å². The molecule has 1 heterocycles. The fourth-order valence-electron chi connectivity index (χ4n) is 1.11. The van der Waals surface area contributed by atoms with Gasteiger partial charge in [-0.15, -0.1) is 0 Å². The molecule has 3 N–H and O–H groups in total. The fraction of sp³-hybridized carbons (Fsp3) is 0.333. The van der Waals surface area contributed by atoms with Crippen LogP contribution in [0.25, 0.3) is 0 Å². The topological polar surface area (TPSA) is 108 Å². The SMILES string of the molecule is CCNC(=O)CNS(=O)(=O)c1c[nH]ccc1=O. The van der Waals surface area contributed by atoms with Gasteiger partial charge in [-0.2, -0.15) is 0 Å². The maximum atomic E-state index is 11.7. The fourth-order valence-corrected chi connectivity index (χ4v) is 2.14. The Morgan fingerprint density at radius 1 is 1.47 bits per heavy atom. The number of amides is 1. The molecule has 0 radical (unpaired) electrons. The van der Waals surface area contributed by atoms with Crippen LogP contribution in [0.3, 0.4) is 0 Å². The van der Waals surface area contributed by atoms with Crippen LogP contribution in [0, 0.1) is 0 Å². The second-order valence-electron chi connectivity index (χ2n) is 3.15. The van der Waals surface area contributed by atoms with Gasteiger partial charge in [0.15, 0.2) is 0 Å². The lowest BCUT2D eigenvalue weighted by Crippen LogP contribution is -2.38. The van der Waals surface area contributed by atoms with E-state index in [-0.39, 0.29) is 0 Å². The largest absolute Gasteiger partial charge is 0.366 e. The molecular formula is C9H13N3O4S. The normalized spacial score (nSPS) is 11.1. The molecule has 0 unspecified atom stereocenters. The summed E-state index contributed by atoms with van der Waals surface area (Å²) in [6.07, 6.45) is 2.40. The van der Waals surface area contributed by atoms with Gasteiger partial charge in [-0.25, -0.2) is 13.1 Å². The molecule has 0 aromatic carbocycles. The first kappa shape index (κ1) is 13.4. The summed E-state index contributed by atoms with van der Waals surface area (Å²) >= 11 is 0. The molecule has 1 rings (SSSR count). The Balaban J connectivity index is 2.80. The predicted octanol–water partition coefficient (Wildman–Crippen LogP) is -1.21. The van der Waals surface area contributed by atoms with Gasteiger partial charge in [0.25, 0.3) is 0 Å². The first-order chi connectivity index (χ1) is 7.97. The molecule has 0 saturated carbocycles. The summed E-state index contributed by atoms with van der Waals surface area (Å²) < 4.78 is 25.3. The minimum atomic E-state index is -3.96. The molecule has 94 valence electrons. The number of rotatable bonds is 5. The molecule has 0 aliphatic carbocycles. The van der Waals surface area contributed by atoms with Crippen LogP contribution in [-0.2, 0) is 14.8 Å². The molecule has 0 aliphatic heterocycles. The Bertz CT molecular complexity index is 549. The van der Waals surface area contributed by atoms with Gasteiger partial charge < -0.3 is 10.3 Å². The van der Waals surface area contributed by atoms with Crippen LogP contribution in [-0.4, -0.2) is 32.4 Å². The van der Waals surface area contributed by atoms with Crippen molar-refractivity contribution < 1.29 is 13.2 Å². The van der Waals surface area contributed by atoms with Crippen LogP contribution in [0.1, 0.15) is 6.92 Å². The number of sulfonamides is 1. The minimum absolute atomic E-state index is 0.398. The molecule has 0 atom stereocenters. The molecule has 7 nitrogen and oxygen atoms in total. The summed E-state index contributed by atoms with van der Waals surface area (Å²) in [7, 11) is -3.96. The van der Waals surface area contributed by atoms with E-state index in [1.165, 1.54) is 6.20 Å². The first-order valence-corrected chi connectivity index (χ1v) is 6.39. The molecule has 0 aliphatic rings. The molecule has 1 amide bonds. The van der Waals surface area contributed by atoms with Gasteiger partial charge in [0.05, 0.1) is 6.54 Å². The molecule has 0 fully saturated rings. The highest BCUT2D eigenvalue weighted by Crippen LogP contribution is 1.98. The summed E-state index contributed by atoms with van der Waals surface area (Å²) in [5, 5.41) is 2.43. The number of pyridine rings is 1. The molecule has 1 aromatic rings. The quantitative estimate of drug-likeness (QED) is 0.616. The van der Waals surface area contributed by atoms with E-state index < -0.39 is 32.8 Å². The maximum Gasteiger partial charge on any atom is 0.246 e. The number of aromatic nitrogens is 1. The Hall–Kier alpha value is -1.67. The molecule has 0 spiro atoms. The maximum absolute atomic E-state index is 11.7. The van der Waals surface area contributed by atoms with Gasteiger partial charge in [0.1, 0.15) is 4.90 Å². The first-order valence-electron chi connectivity index (χ1n) is 4.91. The van der Waals surface area contributed by atoms with Crippen molar-refractivity contribution in [3.63, 3.8) is 0 Å².